The van der Waals surface area contributed by atoms with Crippen LogP contribution in [-0.2, 0) is 14.3 Å². The van der Waals surface area contributed by atoms with Crippen molar-refractivity contribution < 1.29 is 19.1 Å². The molecule has 5 N–H and O–H groups in total. The third-order valence-corrected chi connectivity index (χ3v) is 8.73. The number of H-pyrrole nitrogens is 2. The highest BCUT2D eigenvalue weighted by atomic mass is 16.5. The van der Waals surface area contributed by atoms with E-state index in [9.17, 15) is 9.59 Å². The van der Waals surface area contributed by atoms with Crippen LogP contribution in [0.5, 0.6) is 0 Å². The highest BCUT2D eigenvalue weighted by Crippen LogP contribution is 2.30. The van der Waals surface area contributed by atoms with E-state index >= 15 is 0 Å². The Bertz CT molecular complexity index is 2070. The lowest BCUT2D eigenvalue weighted by Gasteiger charge is -2.21. The molecule has 0 unspecified atom stereocenters. The molecule has 3 atom stereocenters. The van der Waals surface area contributed by atoms with Crippen LogP contribution >= 0.6 is 0 Å². The number of carbonyl (C=O) groups excluding carboxylic acids is 2. The number of imidazole rings is 2. The molecular formula is C38H37N7O4. The first-order chi connectivity index (χ1) is 23.9. The number of nitrogens with zero attached hydrogens (tertiary/aromatic N) is 2. The number of fused-ring (bicyclic) bond motifs is 1. The van der Waals surface area contributed by atoms with Gasteiger partial charge in [0.1, 0.15) is 17.7 Å². The monoisotopic (exact) mass is 655 g/mol. The maximum atomic E-state index is 13.2. The molecule has 11 heteroatoms. The Hall–Kier alpha value is -5.78. The molecule has 11 nitrogen and oxygen atoms in total. The zero-order chi connectivity index (χ0) is 33.7. The average Bonchev–Trinajstić information content (AvgIpc) is 3.86. The summed E-state index contributed by atoms with van der Waals surface area (Å²) >= 11 is 0. The van der Waals surface area contributed by atoms with E-state index in [1.165, 1.54) is 7.11 Å². The zero-order valence-corrected chi connectivity index (χ0v) is 27.2. The molecule has 2 amide bonds. The van der Waals surface area contributed by atoms with Gasteiger partial charge < -0.3 is 35.4 Å². The van der Waals surface area contributed by atoms with E-state index in [1.54, 1.807) is 18.3 Å². The van der Waals surface area contributed by atoms with E-state index in [1.807, 2.05) is 31.3 Å². The fourth-order valence-electron chi connectivity index (χ4n) is 6.03. The number of aromatic amines is 2. The quantitative estimate of drug-likeness (QED) is 0.124. The van der Waals surface area contributed by atoms with Gasteiger partial charge in [-0.1, -0.05) is 78.9 Å². The molecule has 248 valence electrons. The van der Waals surface area contributed by atoms with Crippen LogP contribution in [0.1, 0.15) is 42.3 Å². The van der Waals surface area contributed by atoms with Crippen molar-refractivity contribution in [2.45, 2.75) is 25.0 Å². The second kappa shape index (κ2) is 14.1. The molecule has 0 bridgehead atoms. The van der Waals surface area contributed by atoms with Gasteiger partial charge in [0.05, 0.1) is 56.2 Å². The summed E-state index contributed by atoms with van der Waals surface area (Å²) < 4.78 is 10.3. The topological polar surface area (TPSA) is 146 Å². The number of methoxy groups -OCH3 is 1. The normalized spacial score (nSPS) is 15.8. The Morgan fingerprint density at radius 1 is 0.816 bits per heavy atom. The summed E-state index contributed by atoms with van der Waals surface area (Å²) in [4.78, 5) is 41.1. The van der Waals surface area contributed by atoms with Crippen LogP contribution in [0, 0.1) is 0 Å². The highest BCUT2D eigenvalue weighted by molar-refractivity contribution is 5.91. The standard InChI is InChI=1S/C38H37N7O4/c1-23(42-37(46)34(45-38(47)48-2)26-6-4-3-5-7-26)35-40-20-31(43-35)25-10-8-24(9-11-25)27-12-13-29-19-30(15-14-28(29)18-27)32-21-41-36(44-32)33-22-49-17-16-39-33/h3-15,18-21,23,33-34,39H,16-17,22H2,1-2H3,(H,40,43)(H,41,44)(H,42,46)(H,45,47)/t23-,33-,34+/m0/s1. The molecule has 1 fully saturated rings. The molecule has 1 aliphatic heterocycles. The summed E-state index contributed by atoms with van der Waals surface area (Å²) in [7, 11) is 1.26. The van der Waals surface area contributed by atoms with Crippen molar-refractivity contribution in [3.05, 3.63) is 121 Å². The largest absolute Gasteiger partial charge is 0.453 e. The van der Waals surface area contributed by atoms with Crippen LogP contribution in [0.15, 0.2) is 103 Å². The summed E-state index contributed by atoms with van der Waals surface area (Å²) in [5.41, 5.74) is 6.72. The van der Waals surface area contributed by atoms with Crippen LogP contribution in [0.2, 0.25) is 0 Å². The number of nitrogens with one attached hydrogen (secondary N) is 5. The Labute approximate surface area is 283 Å². The minimum atomic E-state index is -0.917. The van der Waals surface area contributed by atoms with Crippen LogP contribution in [0.3, 0.4) is 0 Å². The van der Waals surface area contributed by atoms with Crippen molar-refractivity contribution in [2.75, 3.05) is 26.9 Å². The predicted molar refractivity (Wildman–Crippen MR) is 187 cm³/mol. The second-order valence-electron chi connectivity index (χ2n) is 12.0. The molecule has 1 saturated heterocycles. The summed E-state index contributed by atoms with van der Waals surface area (Å²) in [6.07, 6.45) is 2.94. The summed E-state index contributed by atoms with van der Waals surface area (Å²) in [6.45, 7) is 4.00. The first kappa shape index (κ1) is 31.8. The summed E-state index contributed by atoms with van der Waals surface area (Å²) in [5.74, 6) is 1.11. The molecular weight excluding hydrogens is 618 g/mol. The van der Waals surface area contributed by atoms with Crippen molar-refractivity contribution in [2.24, 2.45) is 0 Å². The maximum absolute atomic E-state index is 13.2. The smallest absolute Gasteiger partial charge is 0.407 e. The molecule has 0 spiro atoms. The number of ether oxygens (including phenoxy) is 2. The second-order valence-corrected chi connectivity index (χ2v) is 12.0. The van der Waals surface area contributed by atoms with E-state index in [0.29, 0.717) is 18.0 Å². The molecule has 49 heavy (non-hydrogen) atoms. The number of rotatable bonds is 9. The number of hydrogen-bond acceptors (Lipinski definition) is 7. The van der Waals surface area contributed by atoms with Gasteiger partial charge in [-0.2, -0.15) is 0 Å². The van der Waals surface area contributed by atoms with Crippen molar-refractivity contribution in [1.29, 1.82) is 0 Å². The average molecular weight is 656 g/mol. The number of amides is 2. The van der Waals surface area contributed by atoms with Crippen LogP contribution in [-0.4, -0.2) is 58.8 Å². The first-order valence-corrected chi connectivity index (χ1v) is 16.2. The lowest BCUT2D eigenvalue weighted by molar-refractivity contribution is -0.123. The fraction of sp³-hybridized carbons (Fsp3) is 0.211. The van der Waals surface area contributed by atoms with Crippen molar-refractivity contribution in [1.82, 2.24) is 35.9 Å². The number of benzene rings is 4. The van der Waals surface area contributed by atoms with Gasteiger partial charge in [-0.3, -0.25) is 4.79 Å². The molecule has 2 aromatic heterocycles. The molecule has 0 saturated carbocycles. The van der Waals surface area contributed by atoms with Gasteiger partial charge in [0.15, 0.2) is 0 Å². The summed E-state index contributed by atoms with van der Waals surface area (Å²) in [6, 6.07) is 29.0. The molecule has 0 radical (unpaired) electrons. The van der Waals surface area contributed by atoms with E-state index in [4.69, 9.17) is 9.47 Å². The molecule has 7 rings (SSSR count). The van der Waals surface area contributed by atoms with Crippen molar-refractivity contribution in [3.63, 3.8) is 0 Å². The zero-order valence-electron chi connectivity index (χ0n) is 27.2. The minimum Gasteiger partial charge on any atom is -0.453 e. The van der Waals surface area contributed by atoms with Gasteiger partial charge in [-0.05, 0) is 52.1 Å². The van der Waals surface area contributed by atoms with Gasteiger partial charge in [-0.25, -0.2) is 14.8 Å². The molecule has 0 aliphatic carbocycles. The van der Waals surface area contributed by atoms with E-state index in [-0.39, 0.29) is 11.9 Å². The van der Waals surface area contributed by atoms with Gasteiger partial charge in [0.2, 0.25) is 5.91 Å². The Kier molecular flexibility index (Phi) is 9.18. The van der Waals surface area contributed by atoms with Crippen LogP contribution in [0.4, 0.5) is 4.79 Å². The fourth-order valence-corrected chi connectivity index (χ4v) is 6.03. The number of aromatic nitrogens is 4. The third kappa shape index (κ3) is 7.08. The molecule has 3 heterocycles. The molecule has 1 aliphatic rings. The van der Waals surface area contributed by atoms with E-state index < -0.39 is 18.2 Å². The lowest BCUT2D eigenvalue weighted by atomic mass is 9.98. The minimum absolute atomic E-state index is 0.0833. The predicted octanol–water partition coefficient (Wildman–Crippen LogP) is 6.22. The number of carbonyl (C=O) groups is 2. The Morgan fingerprint density at radius 3 is 2.22 bits per heavy atom. The summed E-state index contributed by atoms with van der Waals surface area (Å²) in [5, 5.41) is 11.3. The lowest BCUT2D eigenvalue weighted by Crippen LogP contribution is -2.41. The molecule has 4 aromatic carbocycles. The maximum Gasteiger partial charge on any atom is 0.407 e. The van der Waals surface area contributed by atoms with Crippen molar-refractivity contribution >= 4 is 22.8 Å². The third-order valence-electron chi connectivity index (χ3n) is 8.73. The highest BCUT2D eigenvalue weighted by Gasteiger charge is 2.25. The van der Waals surface area contributed by atoms with Gasteiger partial charge >= 0.3 is 6.09 Å². The van der Waals surface area contributed by atoms with Crippen molar-refractivity contribution in [3.8, 4) is 33.6 Å². The Balaban J connectivity index is 1.02. The van der Waals surface area contributed by atoms with Gasteiger partial charge in [-0.15, -0.1) is 0 Å². The van der Waals surface area contributed by atoms with E-state index in [0.717, 1.165) is 63.4 Å². The van der Waals surface area contributed by atoms with Crippen LogP contribution in [0.25, 0.3) is 44.4 Å². The van der Waals surface area contributed by atoms with Crippen LogP contribution < -0.4 is 16.0 Å². The Morgan fingerprint density at radius 2 is 1.49 bits per heavy atom. The van der Waals surface area contributed by atoms with E-state index in [2.05, 4.69) is 96.5 Å². The molecule has 6 aromatic rings. The number of morpholine rings is 1. The SMILES string of the molecule is COC(=O)N[C@@H](C(=O)N[C@@H](C)c1ncc(-c2ccc(-c3ccc4cc(-c5cnc([C@@H]6COCCN6)[nH]5)ccc4c3)cc2)[nH]1)c1ccccc1. The van der Waals surface area contributed by atoms with Gasteiger partial charge in [0, 0.05) is 12.1 Å². The first-order valence-electron chi connectivity index (χ1n) is 16.2. The number of hydrogen-bond donors (Lipinski definition) is 5. The van der Waals surface area contributed by atoms with Gasteiger partial charge in [0.25, 0.3) is 0 Å². The number of alkyl carbamates (subject to hydrolysis) is 1.